The number of benzene rings is 2. The third-order valence-corrected chi connectivity index (χ3v) is 5.23. The van der Waals surface area contributed by atoms with E-state index in [1.807, 2.05) is 66.7 Å². The quantitative estimate of drug-likeness (QED) is 0.624. The Bertz CT molecular complexity index is 996. The second kappa shape index (κ2) is 8.45. The van der Waals surface area contributed by atoms with Gasteiger partial charge >= 0.3 is 0 Å². The molecule has 0 amide bonds. The zero-order valence-corrected chi connectivity index (χ0v) is 16.5. The Kier molecular flexibility index (Phi) is 5.58. The normalized spacial score (nSPS) is 14.6. The van der Waals surface area contributed by atoms with Crippen LogP contribution in [-0.4, -0.2) is 35.1 Å². The summed E-state index contributed by atoms with van der Waals surface area (Å²) >= 11 is 0. The maximum Gasteiger partial charge on any atom is 0.159 e. The minimum Gasteiger partial charge on any atom is -0.393 e. The van der Waals surface area contributed by atoms with Crippen LogP contribution in [-0.2, 0) is 0 Å². The Morgan fingerprint density at radius 3 is 2.48 bits per heavy atom. The topological polar surface area (TPSA) is 65.5 Å². The number of pyridine rings is 1. The Morgan fingerprint density at radius 1 is 1.00 bits per heavy atom. The Labute approximate surface area is 171 Å². The molecule has 1 aliphatic rings. The summed E-state index contributed by atoms with van der Waals surface area (Å²) in [4.78, 5) is 18.8. The lowest BCUT2D eigenvalue weighted by Gasteiger charge is -2.31. The fourth-order valence-electron chi connectivity index (χ4n) is 3.58. The molecule has 0 bridgehead atoms. The SMILES string of the molecule is CC(=O)c1cccc(Nc2cc(-c3ccccc3)nc(N3CCC(O)CC3)c2)c1. The molecule has 2 heterocycles. The highest BCUT2D eigenvalue weighted by atomic mass is 16.3. The Hall–Kier alpha value is -3.18. The lowest BCUT2D eigenvalue weighted by molar-refractivity contribution is 0.101. The predicted molar refractivity (Wildman–Crippen MR) is 117 cm³/mol. The molecule has 0 radical (unpaired) electrons. The molecule has 4 rings (SSSR count). The molecular weight excluding hydrogens is 362 g/mol. The average Bonchev–Trinajstić information content (AvgIpc) is 2.75. The molecule has 5 heteroatoms. The van der Waals surface area contributed by atoms with E-state index in [0.29, 0.717) is 5.56 Å². The van der Waals surface area contributed by atoms with Crippen LogP contribution >= 0.6 is 0 Å². The van der Waals surface area contributed by atoms with Crippen LogP contribution in [0.25, 0.3) is 11.3 Å². The first-order chi connectivity index (χ1) is 14.1. The molecule has 5 nitrogen and oxygen atoms in total. The summed E-state index contributed by atoms with van der Waals surface area (Å²) in [6.45, 7) is 3.14. The van der Waals surface area contributed by atoms with Crippen LogP contribution in [0.4, 0.5) is 17.2 Å². The number of carbonyl (C=O) groups is 1. The molecule has 0 atom stereocenters. The van der Waals surface area contributed by atoms with E-state index in [9.17, 15) is 9.90 Å². The fourth-order valence-corrected chi connectivity index (χ4v) is 3.58. The summed E-state index contributed by atoms with van der Waals surface area (Å²) in [5.74, 6) is 0.935. The minimum absolute atomic E-state index is 0.0425. The molecule has 0 spiro atoms. The van der Waals surface area contributed by atoms with E-state index in [1.165, 1.54) is 0 Å². The summed E-state index contributed by atoms with van der Waals surface area (Å²) in [7, 11) is 0. The first kappa shape index (κ1) is 19.2. The monoisotopic (exact) mass is 387 g/mol. The number of ketones is 1. The molecule has 29 heavy (non-hydrogen) atoms. The Balaban J connectivity index is 1.69. The minimum atomic E-state index is -0.226. The maximum atomic E-state index is 11.7. The van der Waals surface area contributed by atoms with Crippen molar-refractivity contribution >= 4 is 23.0 Å². The van der Waals surface area contributed by atoms with Crippen LogP contribution in [0.5, 0.6) is 0 Å². The van der Waals surface area contributed by atoms with Crippen molar-refractivity contribution in [1.82, 2.24) is 4.98 Å². The highest BCUT2D eigenvalue weighted by Gasteiger charge is 2.19. The molecule has 2 N–H and O–H groups in total. The standard InChI is InChI=1S/C24H25N3O2/c1-17(28)19-8-5-9-20(14-19)25-21-15-23(18-6-3-2-4-7-18)26-24(16-21)27-12-10-22(29)11-13-27/h2-9,14-16,22,29H,10-13H2,1H3,(H,25,26). The summed E-state index contributed by atoms with van der Waals surface area (Å²) in [6, 6.07) is 21.7. The van der Waals surface area contributed by atoms with Gasteiger partial charge in [0.2, 0.25) is 0 Å². The third kappa shape index (κ3) is 4.63. The lowest BCUT2D eigenvalue weighted by atomic mass is 10.1. The van der Waals surface area contributed by atoms with E-state index < -0.39 is 0 Å². The zero-order chi connectivity index (χ0) is 20.2. The first-order valence-corrected chi connectivity index (χ1v) is 9.97. The van der Waals surface area contributed by atoms with Gasteiger partial charge in [-0.2, -0.15) is 0 Å². The highest BCUT2D eigenvalue weighted by Crippen LogP contribution is 2.29. The van der Waals surface area contributed by atoms with Crippen molar-refractivity contribution in [3.8, 4) is 11.3 Å². The predicted octanol–water partition coefficient (Wildman–Crippen LogP) is 4.66. The number of aliphatic hydroxyl groups is 1. The van der Waals surface area contributed by atoms with Gasteiger partial charge in [-0.1, -0.05) is 42.5 Å². The van der Waals surface area contributed by atoms with Gasteiger partial charge in [0, 0.05) is 41.7 Å². The molecule has 1 fully saturated rings. The van der Waals surface area contributed by atoms with E-state index in [-0.39, 0.29) is 11.9 Å². The van der Waals surface area contributed by atoms with Gasteiger partial charge in [-0.3, -0.25) is 4.79 Å². The van der Waals surface area contributed by atoms with Gasteiger partial charge in [0.05, 0.1) is 11.8 Å². The molecule has 0 saturated carbocycles. The fraction of sp³-hybridized carbons (Fsp3) is 0.250. The highest BCUT2D eigenvalue weighted by molar-refractivity contribution is 5.95. The molecule has 1 saturated heterocycles. The van der Waals surface area contributed by atoms with Crippen molar-refractivity contribution in [3.05, 3.63) is 72.3 Å². The van der Waals surface area contributed by atoms with Gasteiger partial charge in [-0.05, 0) is 38.0 Å². The van der Waals surface area contributed by atoms with Crippen molar-refractivity contribution < 1.29 is 9.90 Å². The number of nitrogens with zero attached hydrogens (tertiary/aromatic N) is 2. The number of aromatic nitrogens is 1. The zero-order valence-electron chi connectivity index (χ0n) is 16.5. The first-order valence-electron chi connectivity index (χ1n) is 9.97. The molecule has 148 valence electrons. The van der Waals surface area contributed by atoms with Crippen LogP contribution < -0.4 is 10.2 Å². The van der Waals surface area contributed by atoms with Crippen LogP contribution in [0.1, 0.15) is 30.1 Å². The Morgan fingerprint density at radius 2 is 1.76 bits per heavy atom. The molecular formula is C24H25N3O2. The largest absolute Gasteiger partial charge is 0.393 e. The van der Waals surface area contributed by atoms with Crippen LogP contribution in [0.2, 0.25) is 0 Å². The number of rotatable bonds is 5. The summed E-state index contributed by atoms with van der Waals surface area (Å²) in [5.41, 5.74) is 4.40. The number of Topliss-reactive ketones (excluding diaryl/α,β-unsaturated/α-hetero) is 1. The maximum absolute atomic E-state index is 11.7. The van der Waals surface area contributed by atoms with E-state index in [1.54, 1.807) is 6.92 Å². The van der Waals surface area contributed by atoms with Crippen LogP contribution in [0, 0.1) is 0 Å². The number of carbonyl (C=O) groups excluding carboxylic acids is 1. The second-order valence-corrected chi connectivity index (χ2v) is 7.45. The molecule has 3 aromatic rings. The van der Waals surface area contributed by atoms with Gasteiger partial charge in [0.15, 0.2) is 5.78 Å². The van der Waals surface area contributed by atoms with Crippen molar-refractivity contribution in [2.45, 2.75) is 25.9 Å². The molecule has 1 aromatic heterocycles. The van der Waals surface area contributed by atoms with Crippen molar-refractivity contribution in [3.63, 3.8) is 0 Å². The average molecular weight is 387 g/mol. The van der Waals surface area contributed by atoms with Gasteiger partial charge in [0.1, 0.15) is 5.82 Å². The number of anilines is 3. The number of aliphatic hydroxyl groups excluding tert-OH is 1. The van der Waals surface area contributed by atoms with Gasteiger partial charge in [-0.15, -0.1) is 0 Å². The molecule has 0 aliphatic carbocycles. The number of hydrogen-bond acceptors (Lipinski definition) is 5. The van der Waals surface area contributed by atoms with Gasteiger partial charge < -0.3 is 15.3 Å². The number of piperidine rings is 1. The second-order valence-electron chi connectivity index (χ2n) is 7.45. The van der Waals surface area contributed by atoms with Gasteiger partial charge in [-0.25, -0.2) is 4.98 Å². The van der Waals surface area contributed by atoms with Crippen LogP contribution in [0.3, 0.4) is 0 Å². The molecule has 1 aliphatic heterocycles. The van der Waals surface area contributed by atoms with Gasteiger partial charge in [0.25, 0.3) is 0 Å². The lowest BCUT2D eigenvalue weighted by Crippen LogP contribution is -2.36. The number of nitrogens with one attached hydrogen (secondary N) is 1. The van der Waals surface area contributed by atoms with Crippen molar-refractivity contribution in [2.24, 2.45) is 0 Å². The third-order valence-electron chi connectivity index (χ3n) is 5.23. The van der Waals surface area contributed by atoms with Crippen LogP contribution in [0.15, 0.2) is 66.7 Å². The van der Waals surface area contributed by atoms with E-state index in [2.05, 4.69) is 10.2 Å². The number of hydrogen-bond donors (Lipinski definition) is 2. The summed E-state index contributed by atoms with van der Waals surface area (Å²) < 4.78 is 0. The van der Waals surface area contributed by atoms with E-state index in [4.69, 9.17) is 4.98 Å². The molecule has 0 unspecified atom stereocenters. The van der Waals surface area contributed by atoms with Crippen molar-refractivity contribution in [1.29, 1.82) is 0 Å². The summed E-state index contributed by atoms with van der Waals surface area (Å²) in [6.07, 6.45) is 1.27. The molecule has 2 aromatic carbocycles. The van der Waals surface area contributed by atoms with E-state index in [0.717, 1.165) is 54.4 Å². The smallest absolute Gasteiger partial charge is 0.159 e. The summed E-state index contributed by atoms with van der Waals surface area (Å²) in [5, 5.41) is 13.3. The van der Waals surface area contributed by atoms with Crippen molar-refractivity contribution in [2.75, 3.05) is 23.3 Å². The van der Waals surface area contributed by atoms with E-state index >= 15 is 0 Å².